The van der Waals surface area contributed by atoms with Crippen LogP contribution in [0.15, 0.2) is 53.6 Å². The summed E-state index contributed by atoms with van der Waals surface area (Å²) in [6.45, 7) is 2.42. The second kappa shape index (κ2) is 9.54. The maximum atomic E-state index is 13.4. The van der Waals surface area contributed by atoms with Crippen LogP contribution in [0, 0.1) is 5.82 Å². The van der Waals surface area contributed by atoms with Crippen LogP contribution in [0.4, 0.5) is 4.39 Å². The largest absolute Gasteiger partial charge is 0.494 e. The third-order valence-electron chi connectivity index (χ3n) is 5.34. The number of ether oxygens (including phenoxy) is 1. The van der Waals surface area contributed by atoms with Gasteiger partial charge in [-0.1, -0.05) is 23.7 Å². The lowest BCUT2D eigenvalue weighted by molar-refractivity contribution is -0.141. The Morgan fingerprint density at radius 2 is 1.94 bits per heavy atom. The van der Waals surface area contributed by atoms with Gasteiger partial charge in [0.2, 0.25) is 5.91 Å². The van der Waals surface area contributed by atoms with Gasteiger partial charge in [-0.15, -0.1) is 0 Å². The third-order valence-corrected chi connectivity index (χ3v) is 5.64. The minimum Gasteiger partial charge on any atom is -0.494 e. The molecule has 1 aromatic heterocycles. The van der Waals surface area contributed by atoms with E-state index in [-0.39, 0.29) is 23.8 Å². The number of aromatic nitrogens is 1. The first-order valence-electron chi connectivity index (χ1n) is 10.5. The number of amides is 1. The van der Waals surface area contributed by atoms with Gasteiger partial charge < -0.3 is 9.84 Å². The molecule has 0 fully saturated rings. The summed E-state index contributed by atoms with van der Waals surface area (Å²) in [6, 6.07) is 12.6. The third kappa shape index (κ3) is 4.96. The molecule has 0 bridgehead atoms. The molecule has 2 heterocycles. The van der Waals surface area contributed by atoms with Crippen LogP contribution in [0.25, 0.3) is 10.9 Å². The summed E-state index contributed by atoms with van der Waals surface area (Å²) in [5.74, 6) is -1.22. The summed E-state index contributed by atoms with van der Waals surface area (Å²) in [5.41, 5.74) is 2.49. The highest BCUT2D eigenvalue weighted by atomic mass is 35.5. The molecule has 7 nitrogen and oxygen atoms in total. The summed E-state index contributed by atoms with van der Waals surface area (Å²) in [6.07, 6.45) is -0.190. The van der Waals surface area contributed by atoms with Gasteiger partial charge in [0.25, 0.3) is 0 Å². The van der Waals surface area contributed by atoms with Gasteiger partial charge in [0.15, 0.2) is 0 Å². The molecule has 2 aromatic carbocycles. The second-order valence-electron chi connectivity index (χ2n) is 7.56. The Morgan fingerprint density at radius 3 is 2.64 bits per heavy atom. The Bertz CT molecular complexity index is 1250. The van der Waals surface area contributed by atoms with E-state index in [0.29, 0.717) is 41.1 Å². The van der Waals surface area contributed by atoms with Gasteiger partial charge >= 0.3 is 5.97 Å². The topological polar surface area (TPSA) is 92.1 Å². The summed E-state index contributed by atoms with van der Waals surface area (Å²) < 4.78 is 18.9. The average Bonchev–Trinajstić information content (AvgIpc) is 3.23. The summed E-state index contributed by atoms with van der Waals surface area (Å²) in [5, 5.41) is 15.7. The van der Waals surface area contributed by atoms with Gasteiger partial charge in [0.05, 0.1) is 30.3 Å². The number of benzene rings is 2. The standard InChI is InChI=1S/C24H21ClFN3O4/c1-2-33-17-8-5-15-11-18(24(25)27-19(15)12-17)21-13-20(14-3-6-16(26)7-4-14)28-29(21)22(30)9-10-23(31)32/h3-8,11-12,21H,2,9-10,13H2,1H3,(H,31,32). The van der Waals surface area contributed by atoms with Crippen molar-refractivity contribution in [3.63, 3.8) is 0 Å². The maximum Gasteiger partial charge on any atom is 0.303 e. The SMILES string of the molecule is CCOc1ccc2cc(C3CC(c4ccc(F)cc4)=NN3C(=O)CCC(=O)O)c(Cl)nc2c1. The molecule has 0 aliphatic carbocycles. The zero-order valence-corrected chi connectivity index (χ0v) is 18.6. The molecular weight excluding hydrogens is 449 g/mol. The number of carboxylic acid groups (broad SMARTS) is 1. The Hall–Kier alpha value is -3.52. The van der Waals surface area contributed by atoms with E-state index in [1.807, 2.05) is 25.1 Å². The van der Waals surface area contributed by atoms with Gasteiger partial charge in [-0.3, -0.25) is 9.59 Å². The number of carboxylic acids is 1. The van der Waals surface area contributed by atoms with Crippen molar-refractivity contribution in [3.8, 4) is 5.75 Å². The molecule has 4 rings (SSSR count). The number of fused-ring (bicyclic) bond motifs is 1. The minimum atomic E-state index is -1.07. The van der Waals surface area contributed by atoms with Gasteiger partial charge in [-0.2, -0.15) is 5.10 Å². The van der Waals surface area contributed by atoms with E-state index in [2.05, 4.69) is 10.1 Å². The van der Waals surface area contributed by atoms with Crippen molar-refractivity contribution >= 4 is 40.1 Å². The molecule has 0 radical (unpaired) electrons. The van der Waals surface area contributed by atoms with Crippen molar-refractivity contribution in [3.05, 3.63) is 70.6 Å². The van der Waals surface area contributed by atoms with E-state index >= 15 is 0 Å². The molecule has 1 atom stereocenters. The molecule has 1 aliphatic heterocycles. The quantitative estimate of drug-likeness (QED) is 0.493. The van der Waals surface area contributed by atoms with Crippen LogP contribution in [0.2, 0.25) is 5.15 Å². The van der Waals surface area contributed by atoms with Crippen LogP contribution < -0.4 is 4.74 Å². The van der Waals surface area contributed by atoms with Crippen LogP contribution in [0.1, 0.15) is 43.4 Å². The van der Waals surface area contributed by atoms with E-state index in [1.165, 1.54) is 17.1 Å². The first kappa shape index (κ1) is 22.7. The van der Waals surface area contributed by atoms with Crippen LogP contribution in [-0.2, 0) is 9.59 Å². The molecule has 0 saturated carbocycles. The molecule has 0 spiro atoms. The van der Waals surface area contributed by atoms with Crippen molar-refractivity contribution in [2.75, 3.05) is 6.61 Å². The Morgan fingerprint density at radius 1 is 1.18 bits per heavy atom. The van der Waals surface area contributed by atoms with Gasteiger partial charge in [0, 0.05) is 29.9 Å². The molecule has 1 N–H and O–H groups in total. The predicted molar refractivity (Wildman–Crippen MR) is 122 cm³/mol. The predicted octanol–water partition coefficient (Wildman–Crippen LogP) is 4.97. The number of hydrogen-bond acceptors (Lipinski definition) is 5. The van der Waals surface area contributed by atoms with Crippen LogP contribution in [0.5, 0.6) is 5.75 Å². The molecule has 33 heavy (non-hydrogen) atoms. The van der Waals surface area contributed by atoms with E-state index in [1.54, 1.807) is 18.2 Å². The van der Waals surface area contributed by atoms with E-state index in [9.17, 15) is 14.0 Å². The number of halogens is 2. The number of hydrazone groups is 1. The molecule has 1 unspecified atom stereocenters. The van der Waals surface area contributed by atoms with Crippen molar-refractivity contribution in [2.24, 2.45) is 5.10 Å². The Labute approximate surface area is 194 Å². The maximum absolute atomic E-state index is 13.4. The normalized spacial score (nSPS) is 15.5. The lowest BCUT2D eigenvalue weighted by atomic mass is 9.98. The first-order valence-corrected chi connectivity index (χ1v) is 10.8. The smallest absolute Gasteiger partial charge is 0.303 e. The number of aliphatic carboxylic acids is 1. The summed E-state index contributed by atoms with van der Waals surface area (Å²) >= 11 is 6.54. The number of carbonyl (C=O) groups excluding carboxylic acids is 1. The van der Waals surface area contributed by atoms with Crippen molar-refractivity contribution in [2.45, 2.75) is 32.2 Å². The molecule has 1 amide bonds. The monoisotopic (exact) mass is 469 g/mol. The number of nitrogens with zero attached hydrogens (tertiary/aromatic N) is 3. The zero-order valence-electron chi connectivity index (χ0n) is 17.8. The van der Waals surface area contributed by atoms with Crippen molar-refractivity contribution in [1.29, 1.82) is 0 Å². The highest BCUT2D eigenvalue weighted by Crippen LogP contribution is 2.38. The second-order valence-corrected chi connectivity index (χ2v) is 7.92. The summed E-state index contributed by atoms with van der Waals surface area (Å²) in [4.78, 5) is 28.3. The van der Waals surface area contributed by atoms with E-state index in [0.717, 1.165) is 5.39 Å². The highest BCUT2D eigenvalue weighted by Gasteiger charge is 2.35. The highest BCUT2D eigenvalue weighted by molar-refractivity contribution is 6.30. The van der Waals surface area contributed by atoms with E-state index in [4.69, 9.17) is 21.4 Å². The first-order chi connectivity index (χ1) is 15.9. The van der Waals surface area contributed by atoms with Crippen molar-refractivity contribution < 1.29 is 23.8 Å². The number of hydrogen-bond donors (Lipinski definition) is 1. The van der Waals surface area contributed by atoms with Crippen molar-refractivity contribution in [1.82, 2.24) is 9.99 Å². The number of pyridine rings is 1. The van der Waals surface area contributed by atoms with Crippen LogP contribution in [0.3, 0.4) is 0 Å². The Balaban J connectivity index is 1.71. The van der Waals surface area contributed by atoms with Crippen LogP contribution >= 0.6 is 11.6 Å². The zero-order chi connectivity index (χ0) is 23.5. The fraction of sp³-hybridized carbons (Fsp3) is 0.250. The fourth-order valence-corrected chi connectivity index (χ4v) is 4.03. The van der Waals surface area contributed by atoms with Crippen LogP contribution in [-0.4, -0.2) is 39.3 Å². The molecule has 170 valence electrons. The van der Waals surface area contributed by atoms with Gasteiger partial charge in [0.1, 0.15) is 16.7 Å². The number of rotatable bonds is 7. The minimum absolute atomic E-state index is 0.206. The molecule has 9 heteroatoms. The lowest BCUT2D eigenvalue weighted by Crippen LogP contribution is -2.27. The number of carbonyl (C=O) groups is 2. The van der Waals surface area contributed by atoms with Gasteiger partial charge in [-0.05, 0) is 42.8 Å². The lowest BCUT2D eigenvalue weighted by Gasteiger charge is -2.23. The fourth-order valence-electron chi connectivity index (χ4n) is 3.76. The molecule has 0 saturated heterocycles. The average molecular weight is 470 g/mol. The Kier molecular flexibility index (Phi) is 6.55. The molecular formula is C24H21ClFN3O4. The molecule has 1 aliphatic rings. The van der Waals surface area contributed by atoms with Gasteiger partial charge in [-0.25, -0.2) is 14.4 Å². The molecule has 3 aromatic rings. The summed E-state index contributed by atoms with van der Waals surface area (Å²) in [7, 11) is 0. The van der Waals surface area contributed by atoms with E-state index < -0.39 is 17.9 Å².